The number of primary amides is 1. The number of amides is 1. The van der Waals surface area contributed by atoms with Crippen LogP contribution in [-0.2, 0) is 0 Å². The maximum Gasteiger partial charge on any atom is 0.252 e. The molecule has 1 amide bonds. The normalized spacial score (nSPS) is 10.5. The molecule has 0 aliphatic carbocycles. The van der Waals surface area contributed by atoms with Crippen molar-refractivity contribution in [2.24, 2.45) is 5.73 Å². The lowest BCUT2D eigenvalue weighted by Crippen LogP contribution is -2.12. The Morgan fingerprint density at radius 3 is 2.77 bits per heavy atom. The highest BCUT2D eigenvalue weighted by molar-refractivity contribution is 5.99. The fraction of sp³-hybridized carbons (Fsp3) is 0. The van der Waals surface area contributed by atoms with E-state index in [1.165, 1.54) is 0 Å². The van der Waals surface area contributed by atoms with Crippen LogP contribution in [0.1, 0.15) is 10.4 Å². The molecule has 4 heteroatoms. The van der Waals surface area contributed by atoms with E-state index in [0.717, 1.165) is 5.52 Å². The van der Waals surface area contributed by atoms with Crippen molar-refractivity contribution in [1.29, 1.82) is 0 Å². The zero-order valence-corrected chi connectivity index (χ0v) is 6.90. The standard InChI is InChI=1S/C9H9N3O/c10-8-7(9(11)13)5-6-3-1-2-4-12(6)8/h1-5H,10H2,(H2,11,13). The molecule has 0 aliphatic rings. The molecule has 0 atom stereocenters. The monoisotopic (exact) mass is 175 g/mol. The van der Waals surface area contributed by atoms with E-state index in [-0.39, 0.29) is 0 Å². The molecule has 2 heterocycles. The summed E-state index contributed by atoms with van der Waals surface area (Å²) in [7, 11) is 0. The van der Waals surface area contributed by atoms with Gasteiger partial charge in [0.15, 0.2) is 0 Å². The molecule has 0 spiro atoms. The molecule has 2 aromatic heterocycles. The van der Waals surface area contributed by atoms with Crippen LogP contribution >= 0.6 is 0 Å². The number of nitrogen functional groups attached to an aromatic ring is 1. The lowest BCUT2D eigenvalue weighted by Gasteiger charge is -1.96. The highest BCUT2D eigenvalue weighted by Crippen LogP contribution is 2.17. The number of anilines is 1. The third-order valence-electron chi connectivity index (χ3n) is 1.98. The summed E-state index contributed by atoms with van der Waals surface area (Å²) in [6.45, 7) is 0. The molecule has 0 saturated heterocycles. The first kappa shape index (κ1) is 7.67. The number of carbonyl (C=O) groups is 1. The minimum absolute atomic E-state index is 0.367. The summed E-state index contributed by atoms with van der Waals surface area (Å²) in [6, 6.07) is 7.26. The number of hydrogen-bond donors (Lipinski definition) is 2. The lowest BCUT2D eigenvalue weighted by molar-refractivity contribution is 0.100. The van der Waals surface area contributed by atoms with Crippen molar-refractivity contribution in [3.63, 3.8) is 0 Å². The van der Waals surface area contributed by atoms with Gasteiger partial charge < -0.3 is 15.9 Å². The van der Waals surface area contributed by atoms with Crippen molar-refractivity contribution in [3.8, 4) is 0 Å². The van der Waals surface area contributed by atoms with Crippen LogP contribution in [0.5, 0.6) is 0 Å². The second-order valence-corrected chi connectivity index (χ2v) is 2.80. The minimum Gasteiger partial charge on any atom is -0.384 e. The lowest BCUT2D eigenvalue weighted by atomic mass is 10.3. The van der Waals surface area contributed by atoms with Gasteiger partial charge in [0, 0.05) is 11.7 Å². The van der Waals surface area contributed by atoms with Gasteiger partial charge in [-0.15, -0.1) is 0 Å². The van der Waals surface area contributed by atoms with Gasteiger partial charge in [0.05, 0.1) is 5.56 Å². The molecule has 0 aliphatic heterocycles. The van der Waals surface area contributed by atoms with Crippen molar-refractivity contribution in [3.05, 3.63) is 36.0 Å². The average molecular weight is 175 g/mol. The van der Waals surface area contributed by atoms with Gasteiger partial charge in [-0.2, -0.15) is 0 Å². The highest BCUT2D eigenvalue weighted by atomic mass is 16.1. The maximum absolute atomic E-state index is 10.9. The van der Waals surface area contributed by atoms with Gasteiger partial charge in [0.25, 0.3) is 5.91 Å². The topological polar surface area (TPSA) is 73.5 Å². The molecule has 0 radical (unpaired) electrons. The molecule has 4 N–H and O–H groups in total. The summed E-state index contributed by atoms with van der Waals surface area (Å²) in [5.41, 5.74) is 12.1. The first-order chi connectivity index (χ1) is 6.20. The fourth-order valence-electron chi connectivity index (χ4n) is 1.34. The summed E-state index contributed by atoms with van der Waals surface area (Å²) in [4.78, 5) is 10.9. The molecule has 0 fully saturated rings. The van der Waals surface area contributed by atoms with E-state index in [4.69, 9.17) is 11.5 Å². The van der Waals surface area contributed by atoms with Crippen LogP contribution in [-0.4, -0.2) is 10.3 Å². The molecule has 2 rings (SSSR count). The number of pyridine rings is 1. The summed E-state index contributed by atoms with van der Waals surface area (Å²) >= 11 is 0. The van der Waals surface area contributed by atoms with Gasteiger partial charge in [-0.25, -0.2) is 0 Å². The van der Waals surface area contributed by atoms with Gasteiger partial charge in [-0.1, -0.05) is 6.07 Å². The van der Waals surface area contributed by atoms with Crippen LogP contribution < -0.4 is 11.5 Å². The predicted molar refractivity (Wildman–Crippen MR) is 50.3 cm³/mol. The first-order valence-corrected chi connectivity index (χ1v) is 3.85. The number of fused-ring (bicyclic) bond motifs is 1. The third-order valence-corrected chi connectivity index (χ3v) is 1.98. The second kappa shape index (κ2) is 2.52. The van der Waals surface area contributed by atoms with Crippen LogP contribution in [0.25, 0.3) is 5.52 Å². The average Bonchev–Trinajstić information content (AvgIpc) is 2.45. The Kier molecular flexibility index (Phi) is 1.48. The molecular weight excluding hydrogens is 166 g/mol. The molecule has 4 nitrogen and oxygen atoms in total. The number of rotatable bonds is 1. The highest BCUT2D eigenvalue weighted by Gasteiger charge is 2.10. The van der Waals surface area contributed by atoms with Gasteiger partial charge in [-0.3, -0.25) is 4.79 Å². The summed E-state index contributed by atoms with van der Waals surface area (Å²) in [5.74, 6) is -0.107. The molecule has 0 saturated carbocycles. The van der Waals surface area contributed by atoms with E-state index in [1.54, 1.807) is 16.7 Å². The van der Waals surface area contributed by atoms with Crippen molar-refractivity contribution >= 4 is 17.2 Å². The number of nitrogens with two attached hydrogens (primary N) is 2. The van der Waals surface area contributed by atoms with Crippen molar-refractivity contribution in [2.75, 3.05) is 5.73 Å². The van der Waals surface area contributed by atoms with Gasteiger partial charge in [-0.05, 0) is 18.2 Å². The zero-order chi connectivity index (χ0) is 9.42. The number of aromatic nitrogens is 1. The predicted octanol–water partition coefficient (Wildman–Crippen LogP) is 0.620. The zero-order valence-electron chi connectivity index (χ0n) is 6.90. The van der Waals surface area contributed by atoms with Crippen molar-refractivity contribution in [2.45, 2.75) is 0 Å². The van der Waals surface area contributed by atoms with Crippen LogP contribution in [0.3, 0.4) is 0 Å². The Labute approximate surface area is 74.8 Å². The molecule has 66 valence electrons. The summed E-state index contributed by atoms with van der Waals surface area (Å²) < 4.78 is 1.72. The third kappa shape index (κ3) is 1.03. The Morgan fingerprint density at radius 2 is 2.15 bits per heavy atom. The number of hydrogen-bond acceptors (Lipinski definition) is 2. The van der Waals surface area contributed by atoms with Gasteiger partial charge in [0.1, 0.15) is 5.82 Å². The SMILES string of the molecule is NC(=O)c1cc2ccccn2c1N. The number of carbonyl (C=O) groups excluding carboxylic acids is 1. The summed E-state index contributed by atoms with van der Waals surface area (Å²) in [6.07, 6.45) is 1.79. The molecule has 0 bridgehead atoms. The smallest absolute Gasteiger partial charge is 0.252 e. The van der Waals surface area contributed by atoms with E-state index >= 15 is 0 Å². The van der Waals surface area contributed by atoms with Crippen LogP contribution in [0.2, 0.25) is 0 Å². The maximum atomic E-state index is 10.9. The number of nitrogens with zero attached hydrogens (tertiary/aromatic N) is 1. The van der Waals surface area contributed by atoms with Crippen molar-refractivity contribution in [1.82, 2.24) is 4.40 Å². The largest absolute Gasteiger partial charge is 0.384 e. The Balaban J connectivity index is 2.81. The van der Waals surface area contributed by atoms with E-state index in [0.29, 0.717) is 11.4 Å². The molecule has 2 aromatic rings. The van der Waals surface area contributed by atoms with Crippen molar-refractivity contribution < 1.29 is 4.79 Å². The van der Waals surface area contributed by atoms with Crippen LogP contribution in [0.4, 0.5) is 5.82 Å². The van der Waals surface area contributed by atoms with Crippen LogP contribution in [0.15, 0.2) is 30.5 Å². The Bertz CT molecular complexity index is 473. The Hall–Kier alpha value is -1.97. The van der Waals surface area contributed by atoms with Gasteiger partial charge >= 0.3 is 0 Å². The second-order valence-electron chi connectivity index (χ2n) is 2.80. The molecule has 0 aromatic carbocycles. The van der Waals surface area contributed by atoms with E-state index < -0.39 is 5.91 Å². The first-order valence-electron chi connectivity index (χ1n) is 3.85. The fourth-order valence-corrected chi connectivity index (χ4v) is 1.34. The molecule has 13 heavy (non-hydrogen) atoms. The molecular formula is C9H9N3O. The van der Waals surface area contributed by atoms with E-state index in [1.807, 2.05) is 18.2 Å². The minimum atomic E-state index is -0.499. The Morgan fingerprint density at radius 1 is 1.38 bits per heavy atom. The van der Waals surface area contributed by atoms with E-state index in [2.05, 4.69) is 0 Å². The van der Waals surface area contributed by atoms with Crippen LogP contribution in [0, 0.1) is 0 Å². The van der Waals surface area contributed by atoms with Gasteiger partial charge in [0.2, 0.25) is 0 Å². The summed E-state index contributed by atoms with van der Waals surface area (Å²) in [5, 5.41) is 0. The quantitative estimate of drug-likeness (QED) is 0.666. The van der Waals surface area contributed by atoms with E-state index in [9.17, 15) is 4.79 Å². The molecule has 0 unspecified atom stereocenters.